The van der Waals surface area contributed by atoms with E-state index in [2.05, 4.69) is 28.8 Å². The van der Waals surface area contributed by atoms with Gasteiger partial charge in [0.1, 0.15) is 23.0 Å². The summed E-state index contributed by atoms with van der Waals surface area (Å²) >= 11 is 0. The van der Waals surface area contributed by atoms with E-state index in [9.17, 15) is 0 Å². The monoisotopic (exact) mass is 352 g/mol. The summed E-state index contributed by atoms with van der Waals surface area (Å²) in [6, 6.07) is 4.58. The molecule has 0 amide bonds. The summed E-state index contributed by atoms with van der Waals surface area (Å²) in [4.78, 5) is 9.88. The predicted octanol–water partition coefficient (Wildman–Crippen LogP) is 2.59. The Morgan fingerprint density at radius 1 is 1.08 bits per heavy atom. The first-order valence-corrected chi connectivity index (χ1v) is 9.40. The van der Waals surface area contributed by atoms with Crippen LogP contribution >= 0.6 is 0 Å². The predicted molar refractivity (Wildman–Crippen MR) is 99.5 cm³/mol. The molecule has 0 radical (unpaired) electrons. The second-order valence-electron chi connectivity index (χ2n) is 7.55. The van der Waals surface area contributed by atoms with Gasteiger partial charge < -0.3 is 9.42 Å². The van der Waals surface area contributed by atoms with Gasteiger partial charge in [0.2, 0.25) is 0 Å². The third kappa shape index (κ3) is 2.41. The van der Waals surface area contributed by atoms with E-state index in [1.165, 1.54) is 30.8 Å². The van der Waals surface area contributed by atoms with Gasteiger partial charge in [-0.15, -0.1) is 0 Å². The van der Waals surface area contributed by atoms with Crippen molar-refractivity contribution in [3.8, 4) is 11.4 Å². The Bertz CT molecular complexity index is 974. The summed E-state index contributed by atoms with van der Waals surface area (Å²) < 4.78 is 7.21. The Labute approximate surface area is 152 Å². The maximum atomic E-state index is 5.22. The summed E-state index contributed by atoms with van der Waals surface area (Å²) in [7, 11) is 0. The van der Waals surface area contributed by atoms with Crippen molar-refractivity contribution in [2.24, 2.45) is 0 Å². The van der Waals surface area contributed by atoms with Gasteiger partial charge in [-0.25, -0.2) is 4.98 Å². The number of hydrogen-bond donors (Lipinski definition) is 0. The quantitative estimate of drug-likeness (QED) is 0.706. The fraction of sp³-hybridized carbons (Fsp3) is 0.526. The molecule has 3 aromatic rings. The smallest absolute Gasteiger partial charge is 0.158 e. The summed E-state index contributed by atoms with van der Waals surface area (Å²) in [5.41, 5.74) is 4.70. The van der Waals surface area contributed by atoms with Crippen LogP contribution in [0.2, 0.25) is 0 Å². The van der Waals surface area contributed by atoms with Gasteiger partial charge in [-0.3, -0.25) is 4.90 Å². The minimum atomic E-state index is 0.667. The molecule has 5 rings (SSSR count). The molecule has 5 heterocycles. The third-order valence-corrected chi connectivity index (χ3v) is 5.83. The van der Waals surface area contributed by atoms with Crippen LogP contribution in [0, 0.1) is 20.8 Å². The van der Waals surface area contributed by atoms with Crippen molar-refractivity contribution in [2.45, 2.75) is 39.7 Å². The zero-order chi connectivity index (χ0) is 17.8. The van der Waals surface area contributed by atoms with Gasteiger partial charge in [-0.1, -0.05) is 5.16 Å². The first-order chi connectivity index (χ1) is 12.6. The van der Waals surface area contributed by atoms with Crippen molar-refractivity contribution in [2.75, 3.05) is 31.1 Å². The molecule has 0 spiro atoms. The number of piperazine rings is 1. The molecule has 1 atom stereocenters. The summed E-state index contributed by atoms with van der Waals surface area (Å²) in [5, 5.41) is 8.95. The number of aryl methyl sites for hydroxylation is 2. The maximum absolute atomic E-state index is 5.22. The van der Waals surface area contributed by atoms with Crippen molar-refractivity contribution in [1.82, 2.24) is 24.7 Å². The molecule has 0 aromatic carbocycles. The highest BCUT2D eigenvalue weighted by Gasteiger charge is 2.32. The van der Waals surface area contributed by atoms with Crippen LogP contribution in [-0.2, 0) is 0 Å². The van der Waals surface area contributed by atoms with E-state index in [1.807, 2.05) is 23.6 Å². The molecule has 136 valence electrons. The summed E-state index contributed by atoms with van der Waals surface area (Å²) in [6.07, 6.45) is 2.62. The summed E-state index contributed by atoms with van der Waals surface area (Å²) in [6.45, 7) is 10.6. The minimum Gasteiger partial charge on any atom is -0.361 e. The molecule has 2 aliphatic rings. The first kappa shape index (κ1) is 15.8. The highest BCUT2D eigenvalue weighted by molar-refractivity contribution is 5.65. The van der Waals surface area contributed by atoms with Gasteiger partial charge in [0.15, 0.2) is 5.65 Å². The molecule has 0 saturated carbocycles. The lowest BCUT2D eigenvalue weighted by molar-refractivity contribution is 0.230. The Morgan fingerprint density at radius 2 is 1.96 bits per heavy atom. The third-order valence-electron chi connectivity index (χ3n) is 5.83. The second-order valence-corrected chi connectivity index (χ2v) is 7.55. The average molecular weight is 352 g/mol. The molecule has 7 nitrogen and oxygen atoms in total. The van der Waals surface area contributed by atoms with E-state index in [0.29, 0.717) is 6.04 Å². The normalized spacial score (nSPS) is 20.9. The van der Waals surface area contributed by atoms with Crippen molar-refractivity contribution in [1.29, 1.82) is 0 Å². The first-order valence-electron chi connectivity index (χ1n) is 9.40. The van der Waals surface area contributed by atoms with Crippen molar-refractivity contribution in [3.05, 3.63) is 29.2 Å². The number of nitrogens with zero attached hydrogens (tertiary/aromatic N) is 6. The van der Waals surface area contributed by atoms with Gasteiger partial charge in [-0.05, 0) is 40.2 Å². The Morgan fingerprint density at radius 3 is 2.77 bits per heavy atom. The molecule has 0 bridgehead atoms. The standard InChI is InChI=1S/C19H24N6O/c1-12-9-17(22-26-12)16-10-18-20-14(3)13(2)19(25(18)21-16)24-8-7-23-6-4-5-15(23)11-24/h9-10,15H,4-8,11H2,1-3H3/t15-/m0/s1. The van der Waals surface area contributed by atoms with Gasteiger partial charge in [0, 0.05) is 49.1 Å². The number of rotatable bonds is 2. The van der Waals surface area contributed by atoms with Crippen molar-refractivity contribution in [3.63, 3.8) is 0 Å². The average Bonchev–Trinajstić information content (AvgIpc) is 3.34. The molecule has 2 saturated heterocycles. The zero-order valence-corrected chi connectivity index (χ0v) is 15.6. The van der Waals surface area contributed by atoms with Crippen LogP contribution in [0.15, 0.2) is 16.7 Å². The fourth-order valence-electron chi connectivity index (χ4n) is 4.35. The van der Waals surface area contributed by atoms with E-state index < -0.39 is 0 Å². The Kier molecular flexibility index (Phi) is 3.53. The van der Waals surface area contributed by atoms with E-state index in [-0.39, 0.29) is 0 Å². The maximum Gasteiger partial charge on any atom is 0.158 e. The Hall–Kier alpha value is -2.41. The highest BCUT2D eigenvalue weighted by atomic mass is 16.5. The van der Waals surface area contributed by atoms with Crippen LogP contribution in [0.5, 0.6) is 0 Å². The molecule has 0 N–H and O–H groups in total. The molecule has 0 aliphatic carbocycles. The van der Waals surface area contributed by atoms with Crippen LogP contribution in [-0.4, -0.2) is 56.9 Å². The fourth-order valence-corrected chi connectivity index (χ4v) is 4.35. The molecule has 2 aliphatic heterocycles. The molecular formula is C19H24N6O. The van der Waals surface area contributed by atoms with Gasteiger partial charge in [-0.2, -0.15) is 9.61 Å². The molecule has 2 fully saturated rings. The van der Waals surface area contributed by atoms with Gasteiger partial charge in [0.25, 0.3) is 0 Å². The molecule has 26 heavy (non-hydrogen) atoms. The molecule has 7 heteroatoms. The minimum absolute atomic E-state index is 0.667. The molecule has 0 unspecified atom stereocenters. The van der Waals surface area contributed by atoms with Crippen LogP contribution in [0.4, 0.5) is 5.82 Å². The van der Waals surface area contributed by atoms with Crippen molar-refractivity contribution < 1.29 is 4.52 Å². The highest BCUT2D eigenvalue weighted by Crippen LogP contribution is 2.30. The largest absolute Gasteiger partial charge is 0.361 e. The second kappa shape index (κ2) is 5.81. The molecule has 3 aromatic heterocycles. The lowest BCUT2D eigenvalue weighted by Gasteiger charge is -2.39. The number of fused-ring (bicyclic) bond motifs is 2. The zero-order valence-electron chi connectivity index (χ0n) is 15.6. The van der Waals surface area contributed by atoms with E-state index in [0.717, 1.165) is 48.1 Å². The van der Waals surface area contributed by atoms with E-state index in [4.69, 9.17) is 14.6 Å². The van der Waals surface area contributed by atoms with Crippen LogP contribution in [0.3, 0.4) is 0 Å². The van der Waals surface area contributed by atoms with E-state index in [1.54, 1.807) is 0 Å². The number of aromatic nitrogens is 4. The Balaban J connectivity index is 1.61. The lowest BCUT2D eigenvalue weighted by Crippen LogP contribution is -2.51. The van der Waals surface area contributed by atoms with Gasteiger partial charge >= 0.3 is 0 Å². The number of hydrogen-bond acceptors (Lipinski definition) is 6. The van der Waals surface area contributed by atoms with Crippen molar-refractivity contribution >= 4 is 11.5 Å². The van der Waals surface area contributed by atoms with Crippen LogP contribution in [0.1, 0.15) is 29.9 Å². The van der Waals surface area contributed by atoms with Crippen LogP contribution < -0.4 is 4.90 Å². The van der Waals surface area contributed by atoms with Crippen LogP contribution in [0.25, 0.3) is 17.0 Å². The van der Waals surface area contributed by atoms with Gasteiger partial charge in [0.05, 0.1) is 0 Å². The lowest BCUT2D eigenvalue weighted by atomic mass is 10.1. The summed E-state index contributed by atoms with van der Waals surface area (Å²) in [5.74, 6) is 1.96. The van der Waals surface area contributed by atoms with E-state index >= 15 is 0 Å². The SMILES string of the molecule is Cc1cc(-c2cc3nc(C)c(C)c(N4CCN5CCC[C@H]5C4)n3n2)no1. The molecular weight excluding hydrogens is 328 g/mol. The number of anilines is 1. The topological polar surface area (TPSA) is 62.7 Å².